The van der Waals surface area contributed by atoms with Gasteiger partial charge in [0.15, 0.2) is 7.00 Å². The number of hydrogen-bond donors (Lipinski definition) is 0. The Morgan fingerprint density at radius 2 is 1.64 bits per heavy atom. The SMILES string of the molecule is CC(C)(C)N1C=CN(C[B]P(c2ccccc2)C(C)(C)C)C1. The van der Waals surface area contributed by atoms with Crippen molar-refractivity contribution in [1.82, 2.24) is 9.80 Å². The summed E-state index contributed by atoms with van der Waals surface area (Å²) in [6.45, 7) is 17.4. The van der Waals surface area contributed by atoms with Crippen molar-refractivity contribution in [3.05, 3.63) is 42.7 Å². The van der Waals surface area contributed by atoms with E-state index in [2.05, 4.69) is 101 Å². The normalized spacial score (nSPS) is 17.0. The monoisotopic (exact) mass is 315 g/mol. The van der Waals surface area contributed by atoms with Crippen LogP contribution in [0.5, 0.6) is 0 Å². The highest BCUT2D eigenvalue weighted by Gasteiger charge is 2.28. The third-order valence-corrected chi connectivity index (χ3v) is 6.74. The van der Waals surface area contributed by atoms with Crippen molar-refractivity contribution in [1.29, 1.82) is 0 Å². The zero-order valence-electron chi connectivity index (χ0n) is 14.9. The molecule has 22 heavy (non-hydrogen) atoms. The molecule has 1 unspecified atom stereocenters. The quantitative estimate of drug-likeness (QED) is 0.612. The van der Waals surface area contributed by atoms with E-state index in [-0.39, 0.29) is 13.3 Å². The maximum Gasteiger partial charge on any atom is 0.178 e. The maximum absolute atomic E-state index is 2.53. The fourth-order valence-electron chi connectivity index (χ4n) is 2.56. The zero-order valence-corrected chi connectivity index (χ0v) is 15.8. The molecule has 119 valence electrons. The van der Waals surface area contributed by atoms with Crippen LogP contribution in [0.15, 0.2) is 42.7 Å². The Hall–Kier alpha value is -0.945. The van der Waals surface area contributed by atoms with Crippen LogP contribution in [-0.2, 0) is 0 Å². The van der Waals surface area contributed by atoms with E-state index in [0.717, 1.165) is 13.1 Å². The highest BCUT2D eigenvalue weighted by molar-refractivity contribution is 7.92. The molecule has 0 N–H and O–H groups in total. The Bertz CT molecular complexity index is 502. The molecule has 1 atom stereocenters. The van der Waals surface area contributed by atoms with Crippen LogP contribution in [0.25, 0.3) is 0 Å². The average molecular weight is 315 g/mol. The molecule has 1 heterocycles. The van der Waals surface area contributed by atoms with E-state index in [1.165, 1.54) is 5.30 Å². The smallest absolute Gasteiger partial charge is 0.178 e. The van der Waals surface area contributed by atoms with Gasteiger partial charge >= 0.3 is 0 Å². The number of benzene rings is 1. The highest BCUT2D eigenvalue weighted by atomic mass is 31.1. The van der Waals surface area contributed by atoms with Gasteiger partial charge in [0.25, 0.3) is 0 Å². The van der Waals surface area contributed by atoms with Crippen molar-refractivity contribution < 1.29 is 0 Å². The number of nitrogens with zero attached hydrogens (tertiary/aromatic N) is 2. The summed E-state index contributed by atoms with van der Waals surface area (Å²) >= 11 is 0. The molecule has 1 aromatic rings. The topological polar surface area (TPSA) is 6.48 Å². The van der Waals surface area contributed by atoms with Crippen LogP contribution in [0.2, 0.25) is 0 Å². The fourth-order valence-corrected chi connectivity index (χ4v) is 4.96. The second-order valence-electron chi connectivity index (χ2n) is 7.91. The molecule has 1 radical (unpaired) electrons. The molecule has 2 nitrogen and oxygen atoms in total. The summed E-state index contributed by atoms with van der Waals surface area (Å²) in [7, 11) is -0.274. The third-order valence-electron chi connectivity index (χ3n) is 3.91. The summed E-state index contributed by atoms with van der Waals surface area (Å²) < 4.78 is 0. The van der Waals surface area contributed by atoms with E-state index in [9.17, 15) is 0 Å². The molecule has 0 amide bonds. The second-order valence-corrected chi connectivity index (χ2v) is 10.9. The molecule has 0 fully saturated rings. The van der Waals surface area contributed by atoms with E-state index in [1.807, 2.05) is 0 Å². The van der Waals surface area contributed by atoms with Crippen LogP contribution in [0.1, 0.15) is 41.5 Å². The third kappa shape index (κ3) is 4.52. The van der Waals surface area contributed by atoms with Gasteiger partial charge in [0.1, 0.15) is 0 Å². The molecular weight excluding hydrogens is 286 g/mol. The zero-order chi connectivity index (χ0) is 16.4. The first-order valence-corrected chi connectivity index (χ1v) is 9.46. The van der Waals surface area contributed by atoms with Crippen LogP contribution in [0, 0.1) is 0 Å². The number of rotatable bonds is 4. The summed E-state index contributed by atoms with van der Waals surface area (Å²) in [5.74, 6) is 0. The number of hydrogen-bond acceptors (Lipinski definition) is 2. The summed E-state index contributed by atoms with van der Waals surface area (Å²) in [6.07, 6.45) is 5.46. The first-order chi connectivity index (χ1) is 10.2. The molecule has 0 bridgehead atoms. The van der Waals surface area contributed by atoms with Gasteiger partial charge < -0.3 is 9.80 Å². The summed E-state index contributed by atoms with van der Waals surface area (Å²) in [5, 5.41) is 1.77. The highest BCUT2D eigenvalue weighted by Crippen LogP contribution is 2.46. The van der Waals surface area contributed by atoms with Gasteiger partial charge in [-0.05, 0) is 37.7 Å². The lowest BCUT2D eigenvalue weighted by molar-refractivity contribution is 0.170. The van der Waals surface area contributed by atoms with Crippen LogP contribution < -0.4 is 5.30 Å². The summed E-state index contributed by atoms with van der Waals surface area (Å²) in [5.41, 5.74) is 0.194. The Morgan fingerprint density at radius 1 is 1.00 bits per heavy atom. The standard InChI is InChI=1S/C18H29BN2P/c1-17(2,3)21-13-12-20(15-21)14-19-22(18(4,5)6)16-10-8-7-9-11-16/h7-13H,14-15H2,1-6H3. The summed E-state index contributed by atoms with van der Waals surface area (Å²) in [4.78, 5) is 4.79. The Balaban J connectivity index is 1.98. The van der Waals surface area contributed by atoms with E-state index in [1.54, 1.807) is 0 Å². The molecule has 0 aliphatic carbocycles. The molecule has 2 rings (SSSR count). The minimum absolute atomic E-state index is 0.194. The first-order valence-electron chi connectivity index (χ1n) is 8.05. The minimum Gasteiger partial charge on any atom is -0.366 e. The lowest BCUT2D eigenvalue weighted by Gasteiger charge is -2.35. The molecule has 1 aromatic carbocycles. The fraction of sp³-hybridized carbons (Fsp3) is 0.556. The molecule has 0 saturated heterocycles. The van der Waals surface area contributed by atoms with Gasteiger partial charge in [0.2, 0.25) is 0 Å². The van der Waals surface area contributed by atoms with Gasteiger partial charge in [0, 0.05) is 17.9 Å². The Labute approximate surface area is 138 Å². The molecular formula is C18H29BN2P. The van der Waals surface area contributed by atoms with E-state index in [0.29, 0.717) is 5.16 Å². The lowest BCUT2D eigenvalue weighted by atomic mass is 10.1. The lowest BCUT2D eigenvalue weighted by Crippen LogP contribution is -2.40. The molecule has 4 heteroatoms. The molecule has 0 spiro atoms. The largest absolute Gasteiger partial charge is 0.366 e. The van der Waals surface area contributed by atoms with Crippen molar-refractivity contribution >= 4 is 20.1 Å². The molecule has 0 aromatic heterocycles. The molecule has 0 saturated carbocycles. The van der Waals surface area contributed by atoms with Gasteiger partial charge in [0.05, 0.1) is 6.67 Å². The van der Waals surface area contributed by atoms with Crippen molar-refractivity contribution in [2.75, 3.05) is 13.1 Å². The van der Waals surface area contributed by atoms with E-state index in [4.69, 9.17) is 0 Å². The van der Waals surface area contributed by atoms with Crippen molar-refractivity contribution in [2.45, 2.75) is 52.2 Å². The Kier molecular flexibility index (Phi) is 5.27. The summed E-state index contributed by atoms with van der Waals surface area (Å²) in [6, 6.07) is 11.0. The molecule has 1 aliphatic heterocycles. The van der Waals surface area contributed by atoms with Crippen molar-refractivity contribution in [3.8, 4) is 0 Å². The van der Waals surface area contributed by atoms with Crippen molar-refractivity contribution in [3.63, 3.8) is 0 Å². The first kappa shape index (κ1) is 17.4. The van der Waals surface area contributed by atoms with Crippen molar-refractivity contribution in [2.24, 2.45) is 0 Å². The van der Waals surface area contributed by atoms with Gasteiger partial charge in [-0.3, -0.25) is 0 Å². The van der Waals surface area contributed by atoms with E-state index < -0.39 is 0 Å². The van der Waals surface area contributed by atoms with Gasteiger partial charge in [-0.1, -0.05) is 51.1 Å². The van der Waals surface area contributed by atoms with Crippen LogP contribution in [0.4, 0.5) is 0 Å². The predicted molar refractivity (Wildman–Crippen MR) is 101 cm³/mol. The van der Waals surface area contributed by atoms with Gasteiger partial charge in [-0.25, -0.2) is 0 Å². The minimum atomic E-state index is -0.274. The van der Waals surface area contributed by atoms with Gasteiger partial charge in [-0.15, -0.1) is 7.80 Å². The van der Waals surface area contributed by atoms with Crippen LogP contribution >= 0.6 is 7.80 Å². The average Bonchev–Trinajstić information content (AvgIpc) is 2.87. The van der Waals surface area contributed by atoms with E-state index >= 15 is 0 Å². The van der Waals surface area contributed by atoms with Crippen LogP contribution in [-0.4, -0.2) is 40.6 Å². The molecule has 1 aliphatic rings. The second kappa shape index (κ2) is 6.66. The predicted octanol–water partition coefficient (Wildman–Crippen LogP) is 4.01. The Morgan fingerprint density at radius 3 is 2.14 bits per heavy atom. The van der Waals surface area contributed by atoms with Crippen LogP contribution in [0.3, 0.4) is 0 Å². The van der Waals surface area contributed by atoms with Gasteiger partial charge in [-0.2, -0.15) is 0 Å². The maximum atomic E-state index is 2.53.